The molecule has 110 valence electrons. The molecule has 2 unspecified atom stereocenters. The first-order chi connectivity index (χ1) is 9.65. The van der Waals surface area contributed by atoms with Crippen molar-refractivity contribution in [2.24, 2.45) is 5.92 Å². The predicted octanol–water partition coefficient (Wildman–Crippen LogP) is 3.59. The van der Waals surface area contributed by atoms with Gasteiger partial charge in [-0.3, -0.25) is 4.79 Å². The highest BCUT2D eigenvalue weighted by Crippen LogP contribution is 2.21. The van der Waals surface area contributed by atoms with Gasteiger partial charge in [0.15, 0.2) is 0 Å². The summed E-state index contributed by atoms with van der Waals surface area (Å²) >= 11 is 0. The maximum Gasteiger partial charge on any atom is 0.306 e. The van der Waals surface area contributed by atoms with Crippen LogP contribution in [0.5, 0.6) is 0 Å². The second-order valence-corrected chi connectivity index (χ2v) is 5.79. The maximum absolute atomic E-state index is 11.4. The van der Waals surface area contributed by atoms with Crippen molar-refractivity contribution < 1.29 is 14.6 Å². The molecule has 1 heterocycles. The Labute approximate surface area is 121 Å². The molecule has 0 amide bonds. The lowest BCUT2D eigenvalue weighted by Crippen LogP contribution is -2.17. The largest absolute Gasteiger partial charge is 0.481 e. The Kier molecular flexibility index (Phi) is 5.60. The van der Waals surface area contributed by atoms with Crippen LogP contribution in [0.1, 0.15) is 43.2 Å². The SMILES string of the molecule is Cc1cccc(CC(CCCC2CCCO2)C(=O)O)c1. The molecule has 0 radical (unpaired) electrons. The van der Waals surface area contributed by atoms with Crippen LogP contribution >= 0.6 is 0 Å². The minimum absolute atomic E-state index is 0.279. The molecule has 3 nitrogen and oxygen atoms in total. The third kappa shape index (κ3) is 4.64. The van der Waals surface area contributed by atoms with E-state index in [0.29, 0.717) is 12.5 Å². The van der Waals surface area contributed by atoms with Crippen molar-refractivity contribution in [3.05, 3.63) is 35.4 Å². The fourth-order valence-corrected chi connectivity index (χ4v) is 2.90. The summed E-state index contributed by atoms with van der Waals surface area (Å²) in [5.41, 5.74) is 2.31. The van der Waals surface area contributed by atoms with Gasteiger partial charge in [0.1, 0.15) is 0 Å². The summed E-state index contributed by atoms with van der Waals surface area (Å²) in [5.74, 6) is -0.961. The van der Waals surface area contributed by atoms with Gasteiger partial charge in [0.05, 0.1) is 12.0 Å². The lowest BCUT2D eigenvalue weighted by molar-refractivity contribution is -0.142. The van der Waals surface area contributed by atoms with Crippen LogP contribution in [0, 0.1) is 12.8 Å². The van der Waals surface area contributed by atoms with Crippen LogP contribution in [0.2, 0.25) is 0 Å². The smallest absolute Gasteiger partial charge is 0.306 e. The molecule has 1 fully saturated rings. The standard InChI is InChI=1S/C17H24O3/c1-13-5-2-6-14(11-13)12-15(17(18)19)7-3-8-16-9-4-10-20-16/h2,5-6,11,15-16H,3-4,7-10,12H2,1H3,(H,18,19). The molecule has 1 N–H and O–H groups in total. The van der Waals surface area contributed by atoms with Gasteiger partial charge in [-0.1, -0.05) is 36.2 Å². The van der Waals surface area contributed by atoms with Crippen molar-refractivity contribution >= 4 is 5.97 Å². The summed E-state index contributed by atoms with van der Waals surface area (Å²) in [5, 5.41) is 9.36. The Hall–Kier alpha value is -1.35. The van der Waals surface area contributed by atoms with Gasteiger partial charge < -0.3 is 9.84 Å². The first-order valence-corrected chi connectivity index (χ1v) is 7.55. The number of rotatable bonds is 7. The van der Waals surface area contributed by atoms with E-state index < -0.39 is 5.97 Å². The zero-order valence-electron chi connectivity index (χ0n) is 12.2. The molecule has 0 aromatic heterocycles. The maximum atomic E-state index is 11.4. The number of hydrogen-bond donors (Lipinski definition) is 1. The van der Waals surface area contributed by atoms with Crippen molar-refractivity contribution in [3.63, 3.8) is 0 Å². The number of aryl methyl sites for hydroxylation is 1. The molecule has 1 aliphatic rings. The molecule has 2 atom stereocenters. The zero-order valence-corrected chi connectivity index (χ0v) is 12.2. The van der Waals surface area contributed by atoms with Crippen LogP contribution in [0.4, 0.5) is 0 Å². The summed E-state index contributed by atoms with van der Waals surface area (Å²) in [4.78, 5) is 11.4. The molecule has 1 aliphatic heterocycles. The Morgan fingerprint density at radius 1 is 1.50 bits per heavy atom. The summed E-state index contributed by atoms with van der Waals surface area (Å²) in [6, 6.07) is 8.13. The van der Waals surface area contributed by atoms with Crippen LogP contribution < -0.4 is 0 Å². The average molecular weight is 276 g/mol. The summed E-state index contributed by atoms with van der Waals surface area (Å²) in [7, 11) is 0. The third-order valence-corrected chi connectivity index (χ3v) is 4.02. The molecule has 0 aliphatic carbocycles. The van der Waals surface area contributed by atoms with Gasteiger partial charge >= 0.3 is 5.97 Å². The average Bonchev–Trinajstić information content (AvgIpc) is 2.90. The molecule has 1 saturated heterocycles. The molecule has 1 aromatic carbocycles. The van der Waals surface area contributed by atoms with Gasteiger partial charge in [-0.2, -0.15) is 0 Å². The minimum atomic E-state index is -0.682. The van der Waals surface area contributed by atoms with Crippen LogP contribution in [0.15, 0.2) is 24.3 Å². The van der Waals surface area contributed by atoms with Gasteiger partial charge in [-0.15, -0.1) is 0 Å². The van der Waals surface area contributed by atoms with Crippen molar-refractivity contribution in [2.45, 2.75) is 51.6 Å². The van der Waals surface area contributed by atoms with E-state index in [-0.39, 0.29) is 5.92 Å². The number of ether oxygens (including phenoxy) is 1. The van der Waals surface area contributed by atoms with Crippen LogP contribution in [-0.4, -0.2) is 23.8 Å². The fourth-order valence-electron chi connectivity index (χ4n) is 2.90. The lowest BCUT2D eigenvalue weighted by Gasteiger charge is -2.14. The Morgan fingerprint density at radius 3 is 3.00 bits per heavy atom. The molecule has 2 rings (SSSR count). The first kappa shape index (κ1) is 15.0. The van der Waals surface area contributed by atoms with E-state index in [1.807, 2.05) is 25.1 Å². The number of aliphatic carboxylic acids is 1. The van der Waals surface area contributed by atoms with E-state index in [4.69, 9.17) is 4.74 Å². The van der Waals surface area contributed by atoms with Gasteiger partial charge in [-0.05, 0) is 44.6 Å². The normalized spacial score (nSPS) is 19.9. The van der Waals surface area contributed by atoms with Crippen molar-refractivity contribution in [2.75, 3.05) is 6.61 Å². The number of benzene rings is 1. The second kappa shape index (κ2) is 7.44. The highest BCUT2D eigenvalue weighted by atomic mass is 16.5. The second-order valence-electron chi connectivity index (χ2n) is 5.79. The molecular formula is C17H24O3. The highest BCUT2D eigenvalue weighted by Gasteiger charge is 2.20. The topological polar surface area (TPSA) is 46.5 Å². The van der Waals surface area contributed by atoms with Crippen LogP contribution in [0.3, 0.4) is 0 Å². The van der Waals surface area contributed by atoms with Gasteiger partial charge in [0.2, 0.25) is 0 Å². The van der Waals surface area contributed by atoms with E-state index in [1.165, 1.54) is 5.56 Å². The Morgan fingerprint density at radius 2 is 2.35 bits per heavy atom. The molecule has 0 spiro atoms. The molecule has 20 heavy (non-hydrogen) atoms. The van der Waals surface area contributed by atoms with Crippen molar-refractivity contribution in [3.8, 4) is 0 Å². The number of carbonyl (C=O) groups is 1. The first-order valence-electron chi connectivity index (χ1n) is 7.55. The minimum Gasteiger partial charge on any atom is -0.481 e. The zero-order chi connectivity index (χ0) is 14.4. The lowest BCUT2D eigenvalue weighted by atomic mass is 9.92. The quantitative estimate of drug-likeness (QED) is 0.828. The van der Waals surface area contributed by atoms with Crippen molar-refractivity contribution in [1.29, 1.82) is 0 Å². The van der Waals surface area contributed by atoms with E-state index in [9.17, 15) is 9.90 Å². The van der Waals surface area contributed by atoms with Gasteiger partial charge in [0, 0.05) is 6.61 Å². The Bertz CT molecular complexity index is 436. The third-order valence-electron chi connectivity index (χ3n) is 4.02. The fraction of sp³-hybridized carbons (Fsp3) is 0.588. The van der Waals surface area contributed by atoms with E-state index >= 15 is 0 Å². The molecule has 3 heteroatoms. The number of hydrogen-bond acceptors (Lipinski definition) is 2. The summed E-state index contributed by atoms with van der Waals surface area (Å²) in [6.45, 7) is 2.91. The van der Waals surface area contributed by atoms with Gasteiger partial charge in [0.25, 0.3) is 0 Å². The monoisotopic (exact) mass is 276 g/mol. The molecule has 0 saturated carbocycles. The highest BCUT2D eigenvalue weighted by molar-refractivity contribution is 5.70. The Balaban J connectivity index is 1.82. The molecule has 1 aromatic rings. The van der Waals surface area contributed by atoms with E-state index in [0.717, 1.165) is 44.3 Å². The number of carboxylic acid groups (broad SMARTS) is 1. The van der Waals surface area contributed by atoms with Crippen LogP contribution in [0.25, 0.3) is 0 Å². The van der Waals surface area contributed by atoms with E-state index in [2.05, 4.69) is 6.07 Å². The van der Waals surface area contributed by atoms with Crippen molar-refractivity contribution in [1.82, 2.24) is 0 Å². The molecular weight excluding hydrogens is 252 g/mol. The molecule has 0 bridgehead atoms. The number of carboxylic acids is 1. The van der Waals surface area contributed by atoms with E-state index in [1.54, 1.807) is 0 Å². The summed E-state index contributed by atoms with van der Waals surface area (Å²) in [6.07, 6.45) is 5.95. The summed E-state index contributed by atoms with van der Waals surface area (Å²) < 4.78 is 5.58. The predicted molar refractivity (Wildman–Crippen MR) is 78.8 cm³/mol. The van der Waals surface area contributed by atoms with Gasteiger partial charge in [-0.25, -0.2) is 0 Å². The van der Waals surface area contributed by atoms with Crippen LogP contribution in [-0.2, 0) is 16.0 Å².